The summed E-state index contributed by atoms with van der Waals surface area (Å²) in [6, 6.07) is 6.23. The fraction of sp³-hybridized carbons (Fsp3) is 0.438. The second-order valence-corrected chi connectivity index (χ2v) is 5.08. The molecule has 3 rings (SSSR count). The van der Waals surface area contributed by atoms with E-state index in [2.05, 4.69) is 17.2 Å². The van der Waals surface area contributed by atoms with Gasteiger partial charge in [-0.25, -0.2) is 4.98 Å². The van der Waals surface area contributed by atoms with E-state index in [1.807, 2.05) is 18.2 Å². The number of methoxy groups -OCH3 is 1. The number of pyridine rings is 1. The molecule has 2 aromatic rings. The van der Waals surface area contributed by atoms with Crippen LogP contribution in [0.2, 0.25) is 0 Å². The summed E-state index contributed by atoms with van der Waals surface area (Å²) >= 11 is 0. The molecule has 0 saturated heterocycles. The predicted octanol–water partition coefficient (Wildman–Crippen LogP) is 2.84. The largest absolute Gasteiger partial charge is 0.486 e. The van der Waals surface area contributed by atoms with Gasteiger partial charge in [0.05, 0.1) is 12.6 Å². The zero-order valence-corrected chi connectivity index (χ0v) is 12.4. The number of nitrogens with one attached hydrogen (secondary N) is 1. The first-order valence-corrected chi connectivity index (χ1v) is 7.25. The highest BCUT2D eigenvalue weighted by atomic mass is 16.6. The second-order valence-electron chi connectivity index (χ2n) is 5.08. The van der Waals surface area contributed by atoms with Crippen molar-refractivity contribution in [1.82, 2.24) is 4.98 Å². The zero-order valence-electron chi connectivity index (χ0n) is 12.4. The third kappa shape index (κ3) is 2.88. The van der Waals surface area contributed by atoms with Crippen LogP contribution in [-0.2, 0) is 4.74 Å². The lowest BCUT2D eigenvalue weighted by atomic mass is 10.1. The van der Waals surface area contributed by atoms with E-state index in [0.717, 1.165) is 34.5 Å². The minimum absolute atomic E-state index is 0.237. The third-order valence-electron chi connectivity index (χ3n) is 3.63. The first-order chi connectivity index (χ1) is 10.3. The number of benzene rings is 1. The van der Waals surface area contributed by atoms with Gasteiger partial charge in [0.1, 0.15) is 19.0 Å². The Morgan fingerprint density at radius 3 is 2.76 bits per heavy atom. The molecule has 0 fully saturated rings. The minimum atomic E-state index is 0.237. The van der Waals surface area contributed by atoms with Crippen LogP contribution in [0.3, 0.4) is 0 Å². The molecule has 0 spiro atoms. The van der Waals surface area contributed by atoms with Crippen molar-refractivity contribution >= 4 is 16.6 Å². The van der Waals surface area contributed by atoms with Crippen molar-refractivity contribution in [2.24, 2.45) is 0 Å². The number of anilines is 1. The molecule has 21 heavy (non-hydrogen) atoms. The number of fused-ring (bicyclic) bond motifs is 2. The van der Waals surface area contributed by atoms with E-state index in [9.17, 15) is 0 Å². The summed E-state index contributed by atoms with van der Waals surface area (Å²) in [7, 11) is 1.71. The van der Waals surface area contributed by atoms with Crippen LogP contribution in [0.15, 0.2) is 24.4 Å². The van der Waals surface area contributed by atoms with E-state index in [1.54, 1.807) is 13.3 Å². The quantitative estimate of drug-likeness (QED) is 0.917. The Labute approximate surface area is 124 Å². The minimum Gasteiger partial charge on any atom is -0.486 e. The summed E-state index contributed by atoms with van der Waals surface area (Å²) in [5.41, 5.74) is 0. The van der Waals surface area contributed by atoms with Gasteiger partial charge in [-0.3, -0.25) is 0 Å². The predicted molar refractivity (Wildman–Crippen MR) is 82.3 cm³/mol. The number of ether oxygens (including phenoxy) is 3. The molecule has 1 atom stereocenters. The number of nitrogens with zero attached hydrogens (tertiary/aromatic N) is 1. The van der Waals surface area contributed by atoms with E-state index < -0.39 is 0 Å². The lowest BCUT2D eigenvalue weighted by Gasteiger charge is -2.21. The SMILES string of the molecule is CCC(COC)Nc1nccc2cc3c(cc12)OCCO3. The summed E-state index contributed by atoms with van der Waals surface area (Å²) in [6.45, 7) is 3.96. The van der Waals surface area contributed by atoms with Crippen LogP contribution >= 0.6 is 0 Å². The van der Waals surface area contributed by atoms with Gasteiger partial charge in [-0.15, -0.1) is 0 Å². The van der Waals surface area contributed by atoms with Gasteiger partial charge in [0.15, 0.2) is 11.5 Å². The smallest absolute Gasteiger partial charge is 0.162 e. The van der Waals surface area contributed by atoms with Crippen LogP contribution in [0.5, 0.6) is 11.5 Å². The normalized spacial score (nSPS) is 15.0. The van der Waals surface area contributed by atoms with Crippen LogP contribution in [0.25, 0.3) is 10.8 Å². The fourth-order valence-electron chi connectivity index (χ4n) is 2.48. The molecule has 1 aromatic heterocycles. The van der Waals surface area contributed by atoms with E-state index in [4.69, 9.17) is 14.2 Å². The number of hydrogen-bond acceptors (Lipinski definition) is 5. The van der Waals surface area contributed by atoms with Crippen LogP contribution in [0.4, 0.5) is 5.82 Å². The van der Waals surface area contributed by atoms with Gasteiger partial charge in [0, 0.05) is 18.7 Å². The molecule has 1 unspecified atom stereocenters. The molecule has 1 N–H and O–H groups in total. The zero-order chi connectivity index (χ0) is 14.7. The van der Waals surface area contributed by atoms with E-state index in [-0.39, 0.29) is 6.04 Å². The molecular formula is C16H20N2O3. The molecule has 0 amide bonds. The Morgan fingerprint density at radius 1 is 1.29 bits per heavy atom. The summed E-state index contributed by atoms with van der Waals surface area (Å²) in [5, 5.41) is 5.57. The number of rotatable bonds is 5. The van der Waals surface area contributed by atoms with Gasteiger partial charge in [-0.1, -0.05) is 6.92 Å². The van der Waals surface area contributed by atoms with Gasteiger partial charge in [-0.05, 0) is 30.0 Å². The maximum atomic E-state index is 5.66. The summed E-state index contributed by atoms with van der Waals surface area (Å²) in [6.07, 6.45) is 2.77. The van der Waals surface area contributed by atoms with Crippen LogP contribution in [-0.4, -0.2) is 38.0 Å². The molecule has 0 bridgehead atoms. The van der Waals surface area contributed by atoms with Crippen molar-refractivity contribution in [2.45, 2.75) is 19.4 Å². The van der Waals surface area contributed by atoms with E-state index >= 15 is 0 Å². The van der Waals surface area contributed by atoms with Gasteiger partial charge in [-0.2, -0.15) is 0 Å². The van der Waals surface area contributed by atoms with Crippen molar-refractivity contribution < 1.29 is 14.2 Å². The molecule has 5 nitrogen and oxygen atoms in total. The molecular weight excluding hydrogens is 268 g/mol. The van der Waals surface area contributed by atoms with Crippen molar-refractivity contribution in [1.29, 1.82) is 0 Å². The highest BCUT2D eigenvalue weighted by molar-refractivity contribution is 5.94. The van der Waals surface area contributed by atoms with Crippen LogP contribution in [0, 0.1) is 0 Å². The molecule has 2 heterocycles. The van der Waals surface area contributed by atoms with Crippen molar-refractivity contribution in [3.05, 3.63) is 24.4 Å². The van der Waals surface area contributed by atoms with Crippen molar-refractivity contribution in [2.75, 3.05) is 32.2 Å². The number of hydrogen-bond donors (Lipinski definition) is 1. The maximum Gasteiger partial charge on any atom is 0.162 e. The van der Waals surface area contributed by atoms with Crippen LogP contribution in [0.1, 0.15) is 13.3 Å². The lowest BCUT2D eigenvalue weighted by molar-refractivity contribution is 0.172. The molecule has 112 valence electrons. The van der Waals surface area contributed by atoms with Gasteiger partial charge in [0.2, 0.25) is 0 Å². The number of aromatic nitrogens is 1. The Bertz CT molecular complexity index is 630. The van der Waals surface area contributed by atoms with Gasteiger partial charge < -0.3 is 19.5 Å². The fourth-order valence-corrected chi connectivity index (χ4v) is 2.48. The standard InChI is InChI=1S/C16H20N2O3/c1-3-12(10-19-2)18-16-13-9-15-14(20-6-7-21-15)8-11(13)4-5-17-16/h4-5,8-9,12H,3,6-7,10H2,1-2H3,(H,17,18). The molecule has 1 aliphatic rings. The molecule has 0 saturated carbocycles. The first-order valence-electron chi connectivity index (χ1n) is 7.25. The summed E-state index contributed by atoms with van der Waals surface area (Å²) in [5.74, 6) is 2.44. The highest BCUT2D eigenvalue weighted by Gasteiger charge is 2.15. The van der Waals surface area contributed by atoms with E-state index in [1.165, 1.54) is 0 Å². The Kier molecular flexibility index (Phi) is 4.10. The topological polar surface area (TPSA) is 52.6 Å². The second kappa shape index (κ2) is 6.18. The summed E-state index contributed by atoms with van der Waals surface area (Å²) in [4.78, 5) is 4.46. The van der Waals surface area contributed by atoms with Gasteiger partial charge >= 0.3 is 0 Å². The Balaban J connectivity index is 1.98. The Morgan fingerprint density at radius 2 is 2.05 bits per heavy atom. The van der Waals surface area contributed by atoms with Gasteiger partial charge in [0.25, 0.3) is 0 Å². The third-order valence-corrected chi connectivity index (χ3v) is 3.63. The first kappa shape index (κ1) is 13.9. The molecule has 0 radical (unpaired) electrons. The maximum absolute atomic E-state index is 5.66. The molecule has 5 heteroatoms. The highest BCUT2D eigenvalue weighted by Crippen LogP contribution is 2.36. The van der Waals surface area contributed by atoms with E-state index in [0.29, 0.717) is 19.8 Å². The molecule has 1 aliphatic heterocycles. The average molecular weight is 288 g/mol. The monoisotopic (exact) mass is 288 g/mol. The average Bonchev–Trinajstić information content (AvgIpc) is 2.53. The molecule has 1 aromatic carbocycles. The summed E-state index contributed by atoms with van der Waals surface area (Å²) < 4.78 is 16.5. The lowest BCUT2D eigenvalue weighted by Crippen LogP contribution is -2.24. The molecule has 0 aliphatic carbocycles. The van der Waals surface area contributed by atoms with Crippen molar-refractivity contribution in [3.8, 4) is 11.5 Å². The van der Waals surface area contributed by atoms with Crippen molar-refractivity contribution in [3.63, 3.8) is 0 Å². The Hall–Kier alpha value is -2.01. The van der Waals surface area contributed by atoms with Crippen LogP contribution < -0.4 is 14.8 Å².